The van der Waals surface area contributed by atoms with Crippen LogP contribution in [-0.2, 0) is 10.0 Å². The van der Waals surface area contributed by atoms with E-state index in [-0.39, 0.29) is 20.1 Å². The van der Waals surface area contributed by atoms with Crippen LogP contribution in [0.3, 0.4) is 0 Å². The zero-order valence-electron chi connectivity index (χ0n) is 18.0. The molecule has 0 spiro atoms. The van der Waals surface area contributed by atoms with Crippen LogP contribution in [0.2, 0.25) is 5.02 Å². The molecule has 8 nitrogen and oxygen atoms in total. The summed E-state index contributed by atoms with van der Waals surface area (Å²) >= 11 is 6.80. The highest BCUT2D eigenvalue weighted by Gasteiger charge is 2.24. The summed E-state index contributed by atoms with van der Waals surface area (Å²) in [7, 11) is -3.92. The highest BCUT2D eigenvalue weighted by molar-refractivity contribution is 7.91. The Hall–Kier alpha value is -2.53. The summed E-state index contributed by atoms with van der Waals surface area (Å²) < 4.78 is 28.0. The van der Waals surface area contributed by atoms with Gasteiger partial charge in [0.15, 0.2) is 0 Å². The first-order valence-electron chi connectivity index (χ1n) is 10.6. The van der Waals surface area contributed by atoms with Crippen LogP contribution in [0.1, 0.15) is 48.1 Å². The fourth-order valence-electron chi connectivity index (χ4n) is 3.66. The highest BCUT2D eigenvalue weighted by atomic mass is 35.5. The first-order valence-corrected chi connectivity index (χ1v) is 13.3. The van der Waals surface area contributed by atoms with Crippen molar-refractivity contribution >= 4 is 49.7 Å². The second kappa shape index (κ2) is 10.2. The van der Waals surface area contributed by atoms with Crippen molar-refractivity contribution in [2.45, 2.75) is 36.6 Å². The molecule has 3 aromatic rings. The number of carbonyl (C=O) groups is 1. The minimum Gasteiger partial charge on any atom is -0.372 e. The number of aromatic nitrogens is 2. The van der Waals surface area contributed by atoms with Crippen LogP contribution in [0.4, 0.5) is 10.8 Å². The van der Waals surface area contributed by atoms with E-state index in [9.17, 15) is 13.2 Å². The van der Waals surface area contributed by atoms with Crippen molar-refractivity contribution in [1.29, 1.82) is 0 Å². The second-order valence-electron chi connectivity index (χ2n) is 7.79. The lowest BCUT2D eigenvalue weighted by molar-refractivity contribution is 0.102. The Balaban J connectivity index is 1.41. The van der Waals surface area contributed by atoms with E-state index in [2.05, 4.69) is 25.1 Å². The molecule has 1 unspecified atom stereocenters. The molecule has 0 saturated carbocycles. The number of hydrogen-bond donors (Lipinski definition) is 2. The Bertz CT molecular complexity index is 1220. The molecular weight excluding hydrogens is 482 g/mol. The molecule has 33 heavy (non-hydrogen) atoms. The molecule has 1 saturated heterocycles. The molecule has 0 aliphatic carbocycles. The molecule has 1 aliphatic rings. The molecule has 174 valence electrons. The Morgan fingerprint density at radius 3 is 2.45 bits per heavy atom. The average molecular weight is 506 g/mol. The van der Waals surface area contributed by atoms with Gasteiger partial charge in [-0.1, -0.05) is 47.2 Å². The number of nitrogens with zero attached hydrogens (tertiary/aromatic N) is 3. The van der Waals surface area contributed by atoms with Gasteiger partial charge in [0.1, 0.15) is 0 Å². The van der Waals surface area contributed by atoms with Crippen LogP contribution in [0.5, 0.6) is 0 Å². The lowest BCUT2D eigenvalue weighted by atomic mass is 10.1. The van der Waals surface area contributed by atoms with Crippen molar-refractivity contribution in [2.24, 2.45) is 0 Å². The van der Waals surface area contributed by atoms with E-state index in [0.717, 1.165) is 35.7 Å². The summed E-state index contributed by atoms with van der Waals surface area (Å²) in [6.07, 6.45) is 3.66. The van der Waals surface area contributed by atoms with Gasteiger partial charge in [-0.3, -0.25) is 10.1 Å². The fraction of sp³-hybridized carbons (Fsp3) is 0.318. The van der Waals surface area contributed by atoms with E-state index < -0.39 is 22.0 Å². The van der Waals surface area contributed by atoms with Crippen LogP contribution in [0.25, 0.3) is 0 Å². The third-order valence-electron chi connectivity index (χ3n) is 5.42. The smallest absolute Gasteiger partial charge is 0.270 e. The first kappa shape index (κ1) is 23.6. The van der Waals surface area contributed by atoms with Crippen molar-refractivity contribution in [1.82, 2.24) is 14.9 Å². The Labute approximate surface area is 202 Å². The van der Waals surface area contributed by atoms with Gasteiger partial charge in [0.2, 0.25) is 9.47 Å². The van der Waals surface area contributed by atoms with Crippen LogP contribution in [-0.4, -0.2) is 37.6 Å². The van der Waals surface area contributed by atoms with Crippen LogP contribution in [0.15, 0.2) is 52.9 Å². The molecule has 0 radical (unpaired) electrons. The molecule has 1 aliphatic heterocycles. The van der Waals surface area contributed by atoms with Gasteiger partial charge in [0, 0.05) is 24.8 Å². The second-order valence-corrected chi connectivity index (χ2v) is 11.1. The summed E-state index contributed by atoms with van der Waals surface area (Å²) in [6, 6.07) is 14.0. The number of anilines is 2. The number of rotatable bonds is 7. The summed E-state index contributed by atoms with van der Waals surface area (Å²) in [4.78, 5) is 14.7. The van der Waals surface area contributed by atoms with Crippen molar-refractivity contribution in [3.63, 3.8) is 0 Å². The monoisotopic (exact) mass is 505 g/mol. The lowest BCUT2D eigenvalue weighted by Gasteiger charge is -2.29. The highest BCUT2D eigenvalue weighted by Crippen LogP contribution is 2.26. The molecule has 2 heterocycles. The van der Waals surface area contributed by atoms with Crippen molar-refractivity contribution in [3.8, 4) is 0 Å². The zero-order valence-corrected chi connectivity index (χ0v) is 20.4. The summed E-state index contributed by atoms with van der Waals surface area (Å²) in [6.45, 7) is 3.87. The number of hydrogen-bond acceptors (Lipinski definition) is 7. The van der Waals surface area contributed by atoms with Gasteiger partial charge in [0.05, 0.1) is 10.6 Å². The molecule has 0 bridgehead atoms. The average Bonchev–Trinajstić information content (AvgIpc) is 3.29. The number of sulfonamides is 1. The molecule has 1 amide bonds. The molecular formula is C22H24ClN5O3S2. The van der Waals surface area contributed by atoms with Crippen LogP contribution < -0.4 is 14.9 Å². The molecule has 1 aromatic heterocycles. The quantitative estimate of drug-likeness (QED) is 0.459. The third-order valence-corrected chi connectivity index (χ3v) is 8.50. The van der Waals surface area contributed by atoms with Gasteiger partial charge in [-0.15, -0.1) is 10.2 Å². The van der Waals surface area contributed by atoms with Crippen LogP contribution >= 0.6 is 22.9 Å². The zero-order chi connectivity index (χ0) is 23.4. The Morgan fingerprint density at radius 1 is 1.06 bits per heavy atom. The molecule has 2 aromatic carbocycles. The number of nitrogens with one attached hydrogen (secondary N) is 2. The molecule has 1 fully saturated rings. The largest absolute Gasteiger partial charge is 0.372 e. The maximum Gasteiger partial charge on any atom is 0.270 e. The standard InChI is InChI=1S/C22H24ClN5O3S2/c1-15(16-9-11-17(12-10-16)28-13-5-2-6-14-28)27-33(30,31)22-26-25-21(32-22)24-20(29)18-7-3-4-8-19(18)23/h3-4,7-12,15,27H,2,5-6,13-14H2,1H3,(H,24,25,29). The fourth-order valence-corrected chi connectivity index (χ4v) is 6.02. The lowest BCUT2D eigenvalue weighted by Crippen LogP contribution is -2.29. The predicted octanol–water partition coefficient (Wildman–Crippen LogP) is 4.47. The van der Waals surface area contributed by atoms with Gasteiger partial charge >= 0.3 is 0 Å². The number of carbonyl (C=O) groups excluding carboxylic acids is 1. The number of amides is 1. The SMILES string of the molecule is CC(NS(=O)(=O)c1nnc(NC(=O)c2ccccc2Cl)s1)c1ccc(N2CCCCC2)cc1. The maximum absolute atomic E-state index is 12.8. The summed E-state index contributed by atoms with van der Waals surface area (Å²) in [5.74, 6) is -0.490. The van der Waals surface area contributed by atoms with E-state index in [1.807, 2.05) is 24.3 Å². The third kappa shape index (κ3) is 5.70. The van der Waals surface area contributed by atoms with E-state index >= 15 is 0 Å². The van der Waals surface area contributed by atoms with E-state index in [1.165, 1.54) is 19.3 Å². The van der Waals surface area contributed by atoms with E-state index in [4.69, 9.17) is 11.6 Å². The maximum atomic E-state index is 12.8. The molecule has 2 N–H and O–H groups in total. The molecule has 4 rings (SSSR count). The van der Waals surface area contributed by atoms with Crippen molar-refractivity contribution in [2.75, 3.05) is 23.3 Å². The number of halogens is 1. The van der Waals surface area contributed by atoms with Gasteiger partial charge in [-0.25, -0.2) is 13.1 Å². The normalized spacial score (nSPS) is 15.3. The van der Waals surface area contributed by atoms with Gasteiger partial charge in [-0.2, -0.15) is 0 Å². The minimum absolute atomic E-state index is 0.0684. The predicted molar refractivity (Wildman–Crippen MR) is 131 cm³/mol. The van der Waals surface area contributed by atoms with Gasteiger partial charge < -0.3 is 4.90 Å². The number of piperidine rings is 1. The first-order chi connectivity index (χ1) is 15.8. The summed E-state index contributed by atoms with van der Waals surface area (Å²) in [5.41, 5.74) is 2.26. The Morgan fingerprint density at radius 2 is 1.76 bits per heavy atom. The number of benzene rings is 2. The minimum atomic E-state index is -3.92. The van der Waals surface area contributed by atoms with Crippen molar-refractivity contribution < 1.29 is 13.2 Å². The van der Waals surface area contributed by atoms with Crippen LogP contribution in [0, 0.1) is 0 Å². The summed E-state index contributed by atoms with van der Waals surface area (Å²) in [5, 5.41) is 10.4. The van der Waals surface area contributed by atoms with Gasteiger partial charge in [0.25, 0.3) is 15.9 Å². The van der Waals surface area contributed by atoms with Crippen molar-refractivity contribution in [3.05, 3.63) is 64.7 Å². The van der Waals surface area contributed by atoms with E-state index in [1.54, 1.807) is 31.2 Å². The van der Waals surface area contributed by atoms with E-state index in [0.29, 0.717) is 0 Å². The Kier molecular flexibility index (Phi) is 7.28. The molecule has 11 heteroatoms. The molecule has 1 atom stereocenters. The topological polar surface area (TPSA) is 104 Å². The van der Waals surface area contributed by atoms with Gasteiger partial charge in [-0.05, 0) is 56.0 Å².